The van der Waals surface area contributed by atoms with E-state index in [9.17, 15) is 4.79 Å². The van der Waals surface area contributed by atoms with Gasteiger partial charge in [0, 0.05) is 19.3 Å². The summed E-state index contributed by atoms with van der Waals surface area (Å²) in [5.41, 5.74) is 1.60. The predicted molar refractivity (Wildman–Crippen MR) is 82.4 cm³/mol. The number of hydrogen-bond donors (Lipinski definition) is 1. The third kappa shape index (κ3) is 2.93. The molecule has 0 unspecified atom stereocenters. The van der Waals surface area contributed by atoms with E-state index in [0.29, 0.717) is 11.5 Å². The van der Waals surface area contributed by atoms with E-state index < -0.39 is 0 Å². The second kappa shape index (κ2) is 6.26. The van der Waals surface area contributed by atoms with Crippen LogP contribution in [0.3, 0.4) is 0 Å². The number of hydrogen-bond acceptors (Lipinski definition) is 3. The van der Waals surface area contributed by atoms with Crippen molar-refractivity contribution in [3.8, 4) is 0 Å². The van der Waals surface area contributed by atoms with Gasteiger partial charge in [-0.2, -0.15) is 5.10 Å². The maximum absolute atomic E-state index is 12.7. The lowest BCUT2D eigenvalue weighted by atomic mass is 9.96. The molecule has 5 nitrogen and oxygen atoms in total. The fourth-order valence-electron chi connectivity index (χ4n) is 2.96. The molecule has 0 spiro atoms. The van der Waals surface area contributed by atoms with Gasteiger partial charge in [-0.25, -0.2) is 4.52 Å². The Kier molecular flexibility index (Phi) is 4.20. The Balaban J connectivity index is 1.67. The predicted octanol–water partition coefficient (Wildman–Crippen LogP) is 1.80. The zero-order valence-corrected chi connectivity index (χ0v) is 12.5. The Morgan fingerprint density at radius 1 is 1.38 bits per heavy atom. The molecule has 2 aromatic rings. The molecule has 5 heteroatoms. The van der Waals surface area contributed by atoms with Crippen LogP contribution in [0.1, 0.15) is 30.1 Å². The third-order valence-corrected chi connectivity index (χ3v) is 4.24. The number of carbonyl (C=O) groups excluding carboxylic acids is 1. The lowest BCUT2D eigenvalue weighted by Crippen LogP contribution is -2.40. The largest absolute Gasteiger partial charge is 0.339 e. The first-order valence-electron chi connectivity index (χ1n) is 7.72. The minimum atomic E-state index is 0.109. The average molecular weight is 286 g/mol. The monoisotopic (exact) mass is 286 g/mol. The number of nitrogens with zero attached hydrogens (tertiary/aromatic N) is 3. The molecule has 0 aliphatic carbocycles. The van der Waals surface area contributed by atoms with E-state index in [4.69, 9.17) is 0 Å². The fourth-order valence-corrected chi connectivity index (χ4v) is 2.96. The SMILES string of the molecule is CCNCC1CCN(C(=O)c2cnn3ccccc23)CC1. The van der Waals surface area contributed by atoms with Crippen molar-refractivity contribution in [2.75, 3.05) is 26.2 Å². The van der Waals surface area contributed by atoms with Gasteiger partial charge in [0.2, 0.25) is 0 Å². The van der Waals surface area contributed by atoms with Crippen LogP contribution in [-0.2, 0) is 0 Å². The highest BCUT2D eigenvalue weighted by molar-refractivity contribution is 6.00. The second-order valence-electron chi connectivity index (χ2n) is 5.63. The van der Waals surface area contributed by atoms with E-state index >= 15 is 0 Å². The van der Waals surface area contributed by atoms with E-state index in [1.807, 2.05) is 29.3 Å². The van der Waals surface area contributed by atoms with Gasteiger partial charge in [-0.1, -0.05) is 13.0 Å². The molecule has 3 rings (SSSR count). The molecule has 0 saturated carbocycles. The summed E-state index contributed by atoms with van der Waals surface area (Å²) in [5, 5.41) is 7.65. The third-order valence-electron chi connectivity index (χ3n) is 4.24. The van der Waals surface area contributed by atoms with Crippen molar-refractivity contribution < 1.29 is 4.79 Å². The van der Waals surface area contributed by atoms with Gasteiger partial charge in [-0.05, 0) is 44.0 Å². The van der Waals surface area contributed by atoms with Crippen LogP contribution in [0.5, 0.6) is 0 Å². The molecule has 0 aromatic carbocycles. The van der Waals surface area contributed by atoms with E-state index in [-0.39, 0.29) is 5.91 Å². The molecule has 1 amide bonds. The Labute approximate surface area is 124 Å². The molecule has 0 atom stereocenters. The number of piperidine rings is 1. The summed E-state index contributed by atoms with van der Waals surface area (Å²) in [6, 6.07) is 5.80. The van der Waals surface area contributed by atoms with Crippen LogP contribution in [0.4, 0.5) is 0 Å². The van der Waals surface area contributed by atoms with Crippen LogP contribution < -0.4 is 5.32 Å². The average Bonchev–Trinajstić information content (AvgIpc) is 2.97. The highest BCUT2D eigenvalue weighted by atomic mass is 16.2. The zero-order chi connectivity index (χ0) is 14.7. The fraction of sp³-hybridized carbons (Fsp3) is 0.500. The van der Waals surface area contributed by atoms with Gasteiger partial charge < -0.3 is 10.2 Å². The number of rotatable bonds is 4. The van der Waals surface area contributed by atoms with Crippen LogP contribution in [-0.4, -0.2) is 46.6 Å². The first-order valence-corrected chi connectivity index (χ1v) is 7.72. The molecule has 3 heterocycles. The van der Waals surface area contributed by atoms with Gasteiger partial charge in [0.05, 0.1) is 17.3 Å². The van der Waals surface area contributed by atoms with Crippen LogP contribution >= 0.6 is 0 Å². The molecule has 1 fully saturated rings. The standard InChI is InChI=1S/C16H22N4O/c1-2-17-11-13-6-9-19(10-7-13)16(21)14-12-18-20-8-4-3-5-15(14)20/h3-5,8,12-13,17H,2,6-7,9-11H2,1H3. The number of nitrogens with one attached hydrogen (secondary N) is 1. The summed E-state index contributed by atoms with van der Waals surface area (Å²) >= 11 is 0. The van der Waals surface area contributed by atoms with Crippen LogP contribution in [0, 0.1) is 5.92 Å². The van der Waals surface area contributed by atoms with Crippen LogP contribution in [0.15, 0.2) is 30.6 Å². The van der Waals surface area contributed by atoms with Gasteiger partial charge in [0.1, 0.15) is 0 Å². The smallest absolute Gasteiger partial charge is 0.257 e. The van der Waals surface area contributed by atoms with Gasteiger partial charge in [0.15, 0.2) is 0 Å². The number of aromatic nitrogens is 2. The van der Waals surface area contributed by atoms with Gasteiger partial charge in [-0.3, -0.25) is 4.79 Å². The van der Waals surface area contributed by atoms with Crippen molar-refractivity contribution in [3.05, 3.63) is 36.2 Å². The number of carbonyl (C=O) groups is 1. The van der Waals surface area contributed by atoms with Crippen molar-refractivity contribution in [1.29, 1.82) is 0 Å². The highest BCUT2D eigenvalue weighted by Gasteiger charge is 2.25. The van der Waals surface area contributed by atoms with Gasteiger partial charge in [-0.15, -0.1) is 0 Å². The lowest BCUT2D eigenvalue weighted by Gasteiger charge is -2.32. The zero-order valence-electron chi connectivity index (χ0n) is 12.5. The molecule has 21 heavy (non-hydrogen) atoms. The molecule has 1 aliphatic rings. The molecule has 0 radical (unpaired) electrons. The van der Waals surface area contributed by atoms with Crippen molar-refractivity contribution in [1.82, 2.24) is 19.8 Å². The number of pyridine rings is 1. The quantitative estimate of drug-likeness (QED) is 0.932. The maximum Gasteiger partial charge on any atom is 0.257 e. The Morgan fingerprint density at radius 2 is 2.19 bits per heavy atom. The molecular weight excluding hydrogens is 264 g/mol. The number of fused-ring (bicyclic) bond motifs is 1. The van der Waals surface area contributed by atoms with Gasteiger partial charge >= 0.3 is 0 Å². The minimum Gasteiger partial charge on any atom is -0.339 e. The summed E-state index contributed by atoms with van der Waals surface area (Å²) in [5.74, 6) is 0.802. The first-order chi connectivity index (χ1) is 10.3. The van der Waals surface area contributed by atoms with Crippen LogP contribution in [0.2, 0.25) is 0 Å². The molecule has 1 saturated heterocycles. The highest BCUT2D eigenvalue weighted by Crippen LogP contribution is 2.20. The lowest BCUT2D eigenvalue weighted by molar-refractivity contribution is 0.0692. The minimum absolute atomic E-state index is 0.109. The molecule has 1 aliphatic heterocycles. The van der Waals surface area contributed by atoms with Crippen molar-refractivity contribution in [2.45, 2.75) is 19.8 Å². The van der Waals surface area contributed by atoms with E-state index in [1.165, 1.54) is 0 Å². The second-order valence-corrected chi connectivity index (χ2v) is 5.63. The van der Waals surface area contributed by atoms with Gasteiger partial charge in [0.25, 0.3) is 5.91 Å². The molecule has 112 valence electrons. The Hall–Kier alpha value is -1.88. The topological polar surface area (TPSA) is 49.6 Å². The summed E-state index contributed by atoms with van der Waals surface area (Å²) in [6.07, 6.45) is 5.72. The molecule has 1 N–H and O–H groups in total. The first kappa shape index (κ1) is 14.1. The van der Waals surface area contributed by atoms with E-state index in [2.05, 4.69) is 17.3 Å². The van der Waals surface area contributed by atoms with Crippen LogP contribution in [0.25, 0.3) is 5.52 Å². The number of amides is 1. The number of likely N-dealkylation sites (tertiary alicyclic amines) is 1. The van der Waals surface area contributed by atoms with E-state index in [0.717, 1.165) is 44.5 Å². The summed E-state index contributed by atoms with van der Waals surface area (Å²) in [7, 11) is 0. The normalized spacial score (nSPS) is 16.5. The molecular formula is C16H22N4O. The molecule has 0 bridgehead atoms. The summed E-state index contributed by atoms with van der Waals surface area (Å²) < 4.78 is 1.76. The summed E-state index contributed by atoms with van der Waals surface area (Å²) in [6.45, 7) is 5.90. The Bertz CT molecular complexity index is 614. The van der Waals surface area contributed by atoms with Crippen molar-refractivity contribution >= 4 is 11.4 Å². The Morgan fingerprint density at radius 3 is 2.95 bits per heavy atom. The maximum atomic E-state index is 12.7. The van der Waals surface area contributed by atoms with Crippen molar-refractivity contribution in [3.63, 3.8) is 0 Å². The molecule has 2 aromatic heterocycles. The summed E-state index contributed by atoms with van der Waals surface area (Å²) in [4.78, 5) is 14.6. The van der Waals surface area contributed by atoms with E-state index in [1.54, 1.807) is 10.7 Å². The van der Waals surface area contributed by atoms with Crippen molar-refractivity contribution in [2.24, 2.45) is 5.92 Å².